The highest BCUT2D eigenvalue weighted by Gasteiger charge is 2.32. The Morgan fingerprint density at radius 1 is 1.40 bits per heavy atom. The van der Waals surface area contributed by atoms with Gasteiger partial charge in [0.15, 0.2) is 15.6 Å². The Labute approximate surface area is 147 Å². The summed E-state index contributed by atoms with van der Waals surface area (Å²) in [6.07, 6.45) is 0. The summed E-state index contributed by atoms with van der Waals surface area (Å²) in [7, 11) is -7.17. The third-order valence-electron chi connectivity index (χ3n) is 3.99. The minimum absolute atomic E-state index is 0.0238. The van der Waals surface area contributed by atoms with E-state index < -0.39 is 31.8 Å². The van der Waals surface area contributed by atoms with E-state index in [4.69, 9.17) is 4.52 Å². The molecule has 0 aliphatic carbocycles. The fraction of sp³-hybridized carbons (Fsp3) is 0.714. The number of sulfonamides is 1. The molecule has 1 saturated heterocycles. The van der Waals surface area contributed by atoms with E-state index in [-0.39, 0.29) is 46.9 Å². The summed E-state index contributed by atoms with van der Waals surface area (Å²) >= 11 is 0. The van der Waals surface area contributed by atoms with Gasteiger partial charge < -0.3 is 9.42 Å². The Morgan fingerprint density at radius 3 is 2.60 bits per heavy atom. The zero-order valence-electron chi connectivity index (χ0n) is 14.6. The van der Waals surface area contributed by atoms with Crippen LogP contribution in [-0.4, -0.2) is 63.4 Å². The van der Waals surface area contributed by atoms with E-state index in [1.54, 1.807) is 6.92 Å². The largest absolute Gasteiger partial charge is 0.360 e. The van der Waals surface area contributed by atoms with Crippen LogP contribution in [0.2, 0.25) is 0 Å². The molecule has 1 aliphatic rings. The van der Waals surface area contributed by atoms with Crippen molar-refractivity contribution >= 4 is 25.8 Å². The van der Waals surface area contributed by atoms with Crippen molar-refractivity contribution in [2.75, 3.05) is 24.6 Å². The molecule has 0 saturated carbocycles. The predicted molar refractivity (Wildman–Crippen MR) is 90.2 cm³/mol. The lowest BCUT2D eigenvalue weighted by Gasteiger charge is -2.25. The highest BCUT2D eigenvalue weighted by molar-refractivity contribution is 7.91. The molecule has 0 radical (unpaired) electrons. The average Bonchev–Trinajstić information content (AvgIpc) is 2.73. The molecular weight excluding hydrogens is 370 g/mol. The van der Waals surface area contributed by atoms with Crippen molar-refractivity contribution in [2.45, 2.75) is 38.6 Å². The number of nitrogens with one attached hydrogen (secondary N) is 1. The van der Waals surface area contributed by atoms with Crippen molar-refractivity contribution in [2.24, 2.45) is 5.92 Å². The molecule has 2 rings (SSSR count). The van der Waals surface area contributed by atoms with E-state index in [9.17, 15) is 21.6 Å². The van der Waals surface area contributed by atoms with Crippen molar-refractivity contribution in [3.05, 3.63) is 11.5 Å². The van der Waals surface area contributed by atoms with Crippen molar-refractivity contribution < 1.29 is 26.2 Å². The number of amides is 1. The molecule has 25 heavy (non-hydrogen) atoms. The number of carbonyl (C=O) groups is 1. The molecule has 2 heterocycles. The van der Waals surface area contributed by atoms with Crippen LogP contribution in [0.4, 0.5) is 0 Å². The standard InChI is InChI=1S/C14H23N3O6S2/c1-9-7-17(5-6-24(19,20)8-9)14(18)11(3)16-25(21,22)13-10(2)15-23-12(13)4/h9,11,16H,5-8H2,1-4H3/t9-,11-/m0/s1. The summed E-state index contributed by atoms with van der Waals surface area (Å²) in [4.78, 5) is 13.9. The second-order valence-electron chi connectivity index (χ2n) is 6.50. The second-order valence-corrected chi connectivity index (χ2v) is 10.4. The molecule has 0 unspecified atom stereocenters. The third kappa shape index (κ3) is 4.59. The second kappa shape index (κ2) is 7.04. The highest BCUT2D eigenvalue weighted by atomic mass is 32.2. The Bertz CT molecular complexity index is 840. The monoisotopic (exact) mass is 393 g/mol. The first-order valence-electron chi connectivity index (χ1n) is 7.87. The maximum atomic E-state index is 12.6. The van der Waals surface area contributed by atoms with E-state index in [0.29, 0.717) is 0 Å². The fourth-order valence-electron chi connectivity index (χ4n) is 2.96. The average molecular weight is 393 g/mol. The van der Waals surface area contributed by atoms with Gasteiger partial charge in [-0.3, -0.25) is 4.79 Å². The van der Waals surface area contributed by atoms with E-state index in [2.05, 4.69) is 9.88 Å². The summed E-state index contributed by atoms with van der Waals surface area (Å²) in [5.74, 6) is -0.621. The molecule has 142 valence electrons. The molecule has 9 nitrogen and oxygen atoms in total. The normalized spacial score (nSPS) is 22.4. The smallest absolute Gasteiger partial charge is 0.246 e. The van der Waals surface area contributed by atoms with Gasteiger partial charge in [0.2, 0.25) is 15.9 Å². The topological polar surface area (TPSA) is 127 Å². The zero-order valence-corrected chi connectivity index (χ0v) is 16.3. The van der Waals surface area contributed by atoms with Gasteiger partial charge in [0.05, 0.1) is 17.5 Å². The predicted octanol–water partition coefficient (Wildman–Crippen LogP) is -0.149. The maximum absolute atomic E-state index is 12.6. The van der Waals surface area contributed by atoms with E-state index in [0.717, 1.165) is 0 Å². The van der Waals surface area contributed by atoms with Crippen molar-refractivity contribution in [1.29, 1.82) is 0 Å². The minimum atomic E-state index is -3.98. The molecule has 0 aromatic carbocycles. The number of carbonyl (C=O) groups excluding carboxylic acids is 1. The van der Waals surface area contributed by atoms with E-state index in [1.165, 1.54) is 25.7 Å². The number of nitrogens with zero attached hydrogens (tertiary/aromatic N) is 2. The Morgan fingerprint density at radius 2 is 2.04 bits per heavy atom. The molecule has 2 atom stereocenters. The van der Waals surface area contributed by atoms with Crippen molar-refractivity contribution in [3.63, 3.8) is 0 Å². The van der Waals surface area contributed by atoms with Gasteiger partial charge in [-0.2, -0.15) is 4.72 Å². The highest BCUT2D eigenvalue weighted by Crippen LogP contribution is 2.19. The van der Waals surface area contributed by atoms with E-state index in [1.807, 2.05) is 0 Å². The summed E-state index contributed by atoms with van der Waals surface area (Å²) in [6, 6.07) is -1.04. The van der Waals surface area contributed by atoms with Crippen LogP contribution >= 0.6 is 0 Å². The third-order valence-corrected chi connectivity index (χ3v) is 7.66. The number of aryl methyl sites for hydroxylation is 2. The molecule has 1 aromatic rings. The number of hydrogen-bond acceptors (Lipinski definition) is 7. The first-order chi connectivity index (χ1) is 11.4. The van der Waals surface area contributed by atoms with Crippen LogP contribution in [0.15, 0.2) is 9.42 Å². The van der Waals surface area contributed by atoms with Crippen LogP contribution < -0.4 is 4.72 Å². The van der Waals surface area contributed by atoms with Gasteiger partial charge in [0, 0.05) is 13.1 Å². The maximum Gasteiger partial charge on any atom is 0.246 e. The molecule has 1 fully saturated rings. The number of sulfone groups is 1. The molecule has 11 heteroatoms. The van der Waals surface area contributed by atoms with Gasteiger partial charge in [-0.15, -0.1) is 0 Å². The van der Waals surface area contributed by atoms with Gasteiger partial charge in [-0.1, -0.05) is 12.1 Å². The van der Waals surface area contributed by atoms with E-state index >= 15 is 0 Å². The zero-order chi connectivity index (χ0) is 19.0. The lowest BCUT2D eigenvalue weighted by Crippen LogP contribution is -2.48. The van der Waals surface area contributed by atoms with Crippen LogP contribution in [0.1, 0.15) is 25.3 Å². The van der Waals surface area contributed by atoms with Gasteiger partial charge in [-0.25, -0.2) is 16.8 Å². The lowest BCUT2D eigenvalue weighted by molar-refractivity contribution is -0.132. The molecule has 1 aromatic heterocycles. The summed E-state index contributed by atoms with van der Waals surface area (Å²) in [5, 5.41) is 3.61. The number of hydrogen-bond donors (Lipinski definition) is 1. The SMILES string of the molecule is Cc1noc(C)c1S(=O)(=O)N[C@@H](C)C(=O)N1CCS(=O)(=O)C[C@@H](C)C1. The van der Waals surface area contributed by atoms with Gasteiger partial charge >= 0.3 is 0 Å². The number of rotatable bonds is 4. The first kappa shape index (κ1) is 19.9. The Balaban J connectivity index is 2.15. The first-order valence-corrected chi connectivity index (χ1v) is 11.2. The van der Waals surface area contributed by atoms with Crippen molar-refractivity contribution in [3.8, 4) is 0 Å². The summed E-state index contributed by atoms with van der Waals surface area (Å²) in [6.45, 7) is 6.49. The van der Waals surface area contributed by atoms with Gasteiger partial charge in [0.1, 0.15) is 10.6 Å². The quantitative estimate of drug-likeness (QED) is 0.754. The van der Waals surface area contributed by atoms with Crippen LogP contribution in [0.3, 0.4) is 0 Å². The number of aromatic nitrogens is 1. The van der Waals surface area contributed by atoms with Crippen LogP contribution in [-0.2, 0) is 24.7 Å². The van der Waals surface area contributed by atoms with Crippen LogP contribution in [0.25, 0.3) is 0 Å². The van der Waals surface area contributed by atoms with Crippen LogP contribution in [0.5, 0.6) is 0 Å². The Hall–Kier alpha value is -1.46. The Kier molecular flexibility index (Phi) is 5.59. The van der Waals surface area contributed by atoms with Crippen LogP contribution in [0, 0.1) is 19.8 Å². The van der Waals surface area contributed by atoms with Gasteiger partial charge in [0.25, 0.3) is 0 Å². The molecular formula is C14H23N3O6S2. The molecule has 1 amide bonds. The molecule has 1 aliphatic heterocycles. The molecule has 0 bridgehead atoms. The fourth-order valence-corrected chi connectivity index (χ4v) is 6.12. The summed E-state index contributed by atoms with van der Waals surface area (Å²) in [5.41, 5.74) is 0.208. The van der Waals surface area contributed by atoms with Gasteiger partial charge in [-0.05, 0) is 26.7 Å². The lowest BCUT2D eigenvalue weighted by atomic mass is 10.2. The molecule has 1 N–H and O–H groups in total. The summed E-state index contributed by atoms with van der Waals surface area (Å²) < 4.78 is 55.8. The molecule has 0 spiro atoms. The minimum Gasteiger partial charge on any atom is -0.360 e. The van der Waals surface area contributed by atoms with Crippen molar-refractivity contribution in [1.82, 2.24) is 14.8 Å².